The molecule has 3 heterocycles. The van der Waals surface area contributed by atoms with Crippen LogP contribution in [0.2, 0.25) is 0 Å². The van der Waals surface area contributed by atoms with Gasteiger partial charge in [0, 0.05) is 49.1 Å². The van der Waals surface area contributed by atoms with Crippen molar-refractivity contribution in [1.29, 1.82) is 0 Å². The van der Waals surface area contributed by atoms with Gasteiger partial charge in [0.25, 0.3) is 0 Å². The van der Waals surface area contributed by atoms with Crippen molar-refractivity contribution >= 4 is 93.5 Å². The molecule has 9 aromatic carbocycles. The number of anilines is 3. The standard InChI is InChI=1S/C52H32N2O2/c1-2-13-38-33(12-1)26-30-42-51-37(17-11-23-50(51)56-52(38)42)34-24-27-35(28-25-34)53(36-29-31-49-43(32-36)41-16-5-10-22-48(41)55-49)46-20-8-9-21-47(46)54-44-18-6-3-14-39(44)40-15-4-7-19-45(40)54/h1-32H. The van der Waals surface area contributed by atoms with Gasteiger partial charge in [-0.1, -0.05) is 121 Å². The maximum absolute atomic E-state index is 6.56. The molecule has 0 spiro atoms. The second-order valence-electron chi connectivity index (χ2n) is 14.5. The van der Waals surface area contributed by atoms with Gasteiger partial charge in [-0.3, -0.25) is 0 Å². The zero-order chi connectivity index (χ0) is 36.7. The zero-order valence-corrected chi connectivity index (χ0v) is 30.2. The van der Waals surface area contributed by atoms with Crippen LogP contribution in [0.1, 0.15) is 0 Å². The van der Waals surface area contributed by atoms with Gasteiger partial charge >= 0.3 is 0 Å². The van der Waals surface area contributed by atoms with E-state index in [-0.39, 0.29) is 0 Å². The van der Waals surface area contributed by atoms with Crippen molar-refractivity contribution in [3.63, 3.8) is 0 Å². The second kappa shape index (κ2) is 12.0. The van der Waals surface area contributed by atoms with E-state index in [0.717, 1.165) is 83.1 Å². The average molecular weight is 717 g/mol. The first kappa shape index (κ1) is 30.9. The molecule has 0 amide bonds. The quantitative estimate of drug-likeness (QED) is 0.178. The molecular weight excluding hydrogens is 685 g/mol. The Balaban J connectivity index is 1.07. The topological polar surface area (TPSA) is 34.5 Å². The van der Waals surface area contributed by atoms with Gasteiger partial charge in [-0.25, -0.2) is 0 Å². The second-order valence-corrected chi connectivity index (χ2v) is 14.5. The van der Waals surface area contributed by atoms with Crippen LogP contribution in [0.3, 0.4) is 0 Å². The first-order chi connectivity index (χ1) is 27.8. The Morgan fingerprint density at radius 3 is 1.86 bits per heavy atom. The highest BCUT2D eigenvalue weighted by atomic mass is 16.3. The number of fused-ring (bicyclic) bond motifs is 11. The predicted octanol–water partition coefficient (Wildman–Crippen LogP) is 14.9. The summed E-state index contributed by atoms with van der Waals surface area (Å²) in [5, 5.41) is 9.20. The van der Waals surface area contributed by atoms with Crippen LogP contribution in [0.25, 0.3) is 93.3 Å². The Hall–Kier alpha value is -7.56. The molecule has 0 fully saturated rings. The lowest BCUT2D eigenvalue weighted by molar-refractivity contribution is 0.669. The van der Waals surface area contributed by atoms with Crippen LogP contribution in [-0.2, 0) is 0 Å². The van der Waals surface area contributed by atoms with Crippen LogP contribution in [0.5, 0.6) is 0 Å². The van der Waals surface area contributed by atoms with E-state index in [4.69, 9.17) is 8.83 Å². The summed E-state index contributed by atoms with van der Waals surface area (Å²) in [5.74, 6) is 0. The summed E-state index contributed by atoms with van der Waals surface area (Å²) in [7, 11) is 0. The Kier molecular flexibility index (Phi) is 6.60. The molecule has 0 aliphatic carbocycles. The third-order valence-electron chi connectivity index (χ3n) is 11.4. The summed E-state index contributed by atoms with van der Waals surface area (Å²) in [6.07, 6.45) is 0. The van der Waals surface area contributed by atoms with Crippen LogP contribution < -0.4 is 4.90 Å². The molecule has 0 unspecified atom stereocenters. The van der Waals surface area contributed by atoms with Crippen LogP contribution >= 0.6 is 0 Å². The number of benzene rings is 9. The lowest BCUT2D eigenvalue weighted by atomic mass is 9.98. The molecule has 4 heteroatoms. The van der Waals surface area contributed by atoms with Crippen molar-refractivity contribution in [1.82, 2.24) is 4.57 Å². The maximum atomic E-state index is 6.56. The Bertz CT molecular complexity index is 3440. The minimum Gasteiger partial charge on any atom is -0.456 e. The number of aromatic nitrogens is 1. The van der Waals surface area contributed by atoms with E-state index >= 15 is 0 Å². The molecule has 56 heavy (non-hydrogen) atoms. The van der Waals surface area contributed by atoms with E-state index in [1.54, 1.807) is 0 Å². The fraction of sp³-hybridized carbons (Fsp3) is 0. The molecule has 0 saturated heterocycles. The van der Waals surface area contributed by atoms with E-state index in [9.17, 15) is 0 Å². The molecule has 3 aromatic heterocycles. The third-order valence-corrected chi connectivity index (χ3v) is 11.4. The molecule has 0 bridgehead atoms. The summed E-state index contributed by atoms with van der Waals surface area (Å²) in [6.45, 7) is 0. The predicted molar refractivity (Wildman–Crippen MR) is 233 cm³/mol. The number of hydrogen-bond acceptors (Lipinski definition) is 3. The molecule has 0 saturated carbocycles. The summed E-state index contributed by atoms with van der Waals surface area (Å²) < 4.78 is 15.3. The molecule has 0 aliphatic rings. The zero-order valence-electron chi connectivity index (χ0n) is 30.2. The molecular formula is C52H32N2O2. The van der Waals surface area contributed by atoms with Gasteiger partial charge in [0.05, 0.1) is 22.4 Å². The lowest BCUT2D eigenvalue weighted by Gasteiger charge is -2.28. The number of para-hydroxylation sites is 5. The molecule has 0 N–H and O–H groups in total. The summed E-state index contributed by atoms with van der Waals surface area (Å²) >= 11 is 0. The molecule has 4 nitrogen and oxygen atoms in total. The van der Waals surface area contributed by atoms with Crippen molar-refractivity contribution in [3.05, 3.63) is 194 Å². The number of nitrogens with zero attached hydrogens (tertiary/aromatic N) is 2. The van der Waals surface area contributed by atoms with E-state index in [2.05, 4.69) is 191 Å². The van der Waals surface area contributed by atoms with Crippen LogP contribution in [0, 0.1) is 0 Å². The molecule has 12 rings (SSSR count). The van der Waals surface area contributed by atoms with Gasteiger partial charge in [-0.15, -0.1) is 0 Å². The monoisotopic (exact) mass is 716 g/mol. The molecule has 262 valence electrons. The smallest absolute Gasteiger partial charge is 0.143 e. The van der Waals surface area contributed by atoms with E-state index in [1.807, 2.05) is 12.1 Å². The third kappa shape index (κ3) is 4.53. The molecule has 0 radical (unpaired) electrons. The van der Waals surface area contributed by atoms with Gasteiger partial charge in [0.1, 0.15) is 22.3 Å². The van der Waals surface area contributed by atoms with Crippen molar-refractivity contribution < 1.29 is 8.83 Å². The first-order valence-electron chi connectivity index (χ1n) is 19.0. The SMILES string of the molecule is c1ccc(-n2c3ccccc3c3ccccc32)c(N(c2ccc(-c3cccc4oc5c6ccccc6ccc5c34)cc2)c2ccc3oc4ccccc4c3c2)c1. The minimum absolute atomic E-state index is 0.870. The van der Waals surface area contributed by atoms with Gasteiger partial charge in [0.15, 0.2) is 0 Å². The number of furan rings is 2. The number of rotatable bonds is 5. The highest BCUT2D eigenvalue weighted by Gasteiger charge is 2.22. The summed E-state index contributed by atoms with van der Waals surface area (Å²) in [4.78, 5) is 2.38. The average Bonchev–Trinajstić information content (AvgIpc) is 3.94. The molecule has 0 atom stereocenters. The van der Waals surface area contributed by atoms with Crippen molar-refractivity contribution in [2.45, 2.75) is 0 Å². The van der Waals surface area contributed by atoms with Gasteiger partial charge in [-0.05, 0) is 89.3 Å². The Morgan fingerprint density at radius 1 is 0.393 bits per heavy atom. The van der Waals surface area contributed by atoms with Crippen molar-refractivity contribution in [2.75, 3.05) is 4.90 Å². The maximum Gasteiger partial charge on any atom is 0.143 e. The van der Waals surface area contributed by atoms with Crippen molar-refractivity contribution in [3.8, 4) is 16.8 Å². The highest BCUT2D eigenvalue weighted by molar-refractivity contribution is 6.19. The Morgan fingerprint density at radius 2 is 1.04 bits per heavy atom. The summed E-state index contributed by atoms with van der Waals surface area (Å²) in [5.41, 5.74) is 12.4. The number of hydrogen-bond donors (Lipinski definition) is 0. The lowest BCUT2D eigenvalue weighted by Crippen LogP contribution is -2.13. The summed E-state index contributed by atoms with van der Waals surface area (Å²) in [6, 6.07) is 69.1. The normalized spacial score (nSPS) is 11.9. The van der Waals surface area contributed by atoms with Crippen LogP contribution in [0.4, 0.5) is 17.1 Å². The van der Waals surface area contributed by atoms with Crippen LogP contribution in [0.15, 0.2) is 203 Å². The van der Waals surface area contributed by atoms with Gasteiger partial charge in [-0.2, -0.15) is 0 Å². The van der Waals surface area contributed by atoms with E-state index in [0.29, 0.717) is 0 Å². The highest BCUT2D eigenvalue weighted by Crippen LogP contribution is 2.45. The fourth-order valence-electron chi connectivity index (χ4n) is 8.89. The Labute approximate surface area is 321 Å². The largest absolute Gasteiger partial charge is 0.456 e. The van der Waals surface area contributed by atoms with E-state index in [1.165, 1.54) is 27.2 Å². The molecule has 12 aromatic rings. The van der Waals surface area contributed by atoms with Gasteiger partial charge < -0.3 is 18.3 Å². The van der Waals surface area contributed by atoms with Crippen molar-refractivity contribution in [2.24, 2.45) is 0 Å². The first-order valence-corrected chi connectivity index (χ1v) is 19.0. The van der Waals surface area contributed by atoms with Gasteiger partial charge in [0.2, 0.25) is 0 Å². The molecule has 0 aliphatic heterocycles. The fourth-order valence-corrected chi connectivity index (χ4v) is 8.89. The minimum atomic E-state index is 0.870. The van der Waals surface area contributed by atoms with E-state index < -0.39 is 0 Å². The van der Waals surface area contributed by atoms with Crippen LogP contribution in [-0.4, -0.2) is 4.57 Å².